The summed E-state index contributed by atoms with van der Waals surface area (Å²) >= 11 is 0. The standard InChI is InChI=1S/C17H28N2/c1-6-10-19-11-16(18)17-14(12(2)3)8-7-9-15(17)13(4)5/h7-10,12-13,16H,6,11,18H2,1-5H3/b19-10-. The average Bonchev–Trinajstić information content (AvgIpc) is 2.37. The first kappa shape index (κ1) is 15.9. The molecule has 0 saturated heterocycles. The second-order valence-corrected chi connectivity index (χ2v) is 5.72. The Bertz CT molecular complexity index is 393. The van der Waals surface area contributed by atoms with Gasteiger partial charge in [-0.15, -0.1) is 0 Å². The van der Waals surface area contributed by atoms with E-state index in [4.69, 9.17) is 5.73 Å². The van der Waals surface area contributed by atoms with Gasteiger partial charge >= 0.3 is 0 Å². The fourth-order valence-electron chi connectivity index (χ4n) is 2.45. The number of benzene rings is 1. The van der Waals surface area contributed by atoms with Crippen molar-refractivity contribution in [3.8, 4) is 0 Å². The van der Waals surface area contributed by atoms with Crippen molar-refractivity contribution in [1.82, 2.24) is 0 Å². The highest BCUT2D eigenvalue weighted by molar-refractivity contribution is 5.56. The van der Waals surface area contributed by atoms with Gasteiger partial charge in [-0.2, -0.15) is 0 Å². The first-order valence-corrected chi connectivity index (χ1v) is 7.35. The Morgan fingerprint density at radius 3 is 2.05 bits per heavy atom. The van der Waals surface area contributed by atoms with Crippen molar-refractivity contribution in [3.05, 3.63) is 34.9 Å². The van der Waals surface area contributed by atoms with E-state index in [1.807, 2.05) is 6.21 Å². The topological polar surface area (TPSA) is 38.4 Å². The Morgan fingerprint density at radius 1 is 1.11 bits per heavy atom. The summed E-state index contributed by atoms with van der Waals surface area (Å²) in [6.07, 6.45) is 2.92. The van der Waals surface area contributed by atoms with Crippen LogP contribution in [0.3, 0.4) is 0 Å². The normalized spacial score (nSPS) is 13.7. The van der Waals surface area contributed by atoms with Crippen molar-refractivity contribution in [3.63, 3.8) is 0 Å². The van der Waals surface area contributed by atoms with Crippen LogP contribution in [0, 0.1) is 0 Å². The fourth-order valence-corrected chi connectivity index (χ4v) is 2.45. The van der Waals surface area contributed by atoms with Gasteiger partial charge in [0.2, 0.25) is 0 Å². The molecule has 1 rings (SSSR count). The van der Waals surface area contributed by atoms with E-state index < -0.39 is 0 Å². The van der Waals surface area contributed by atoms with E-state index in [0.717, 1.165) is 6.42 Å². The molecule has 0 aromatic heterocycles. The zero-order chi connectivity index (χ0) is 14.4. The highest BCUT2D eigenvalue weighted by atomic mass is 14.8. The lowest BCUT2D eigenvalue weighted by molar-refractivity contribution is 0.687. The lowest BCUT2D eigenvalue weighted by Gasteiger charge is -2.23. The Morgan fingerprint density at radius 2 is 1.63 bits per heavy atom. The summed E-state index contributed by atoms with van der Waals surface area (Å²) in [6.45, 7) is 11.7. The van der Waals surface area contributed by atoms with Crippen molar-refractivity contribution < 1.29 is 0 Å². The molecule has 2 nitrogen and oxygen atoms in total. The lowest BCUT2D eigenvalue weighted by atomic mass is 9.85. The monoisotopic (exact) mass is 260 g/mol. The minimum atomic E-state index is -0.00111. The third-order valence-corrected chi connectivity index (χ3v) is 3.40. The van der Waals surface area contributed by atoms with Gasteiger partial charge in [-0.1, -0.05) is 52.8 Å². The van der Waals surface area contributed by atoms with Gasteiger partial charge in [-0.25, -0.2) is 0 Å². The number of hydrogen-bond donors (Lipinski definition) is 1. The SMILES string of the molecule is CC/C=N\CC(N)c1c(C(C)C)cccc1C(C)C. The molecule has 0 bridgehead atoms. The van der Waals surface area contributed by atoms with Gasteiger partial charge in [0.1, 0.15) is 0 Å². The van der Waals surface area contributed by atoms with E-state index in [1.54, 1.807) is 0 Å². The molecule has 2 heteroatoms. The van der Waals surface area contributed by atoms with Crippen molar-refractivity contribution in [1.29, 1.82) is 0 Å². The molecule has 0 fully saturated rings. The van der Waals surface area contributed by atoms with E-state index in [-0.39, 0.29) is 6.04 Å². The van der Waals surface area contributed by atoms with Crippen molar-refractivity contribution >= 4 is 6.21 Å². The van der Waals surface area contributed by atoms with Crippen LogP contribution in [0.2, 0.25) is 0 Å². The summed E-state index contributed by atoms with van der Waals surface area (Å²) in [6, 6.07) is 6.56. The van der Waals surface area contributed by atoms with Crippen LogP contribution in [0.15, 0.2) is 23.2 Å². The van der Waals surface area contributed by atoms with Crippen LogP contribution < -0.4 is 5.73 Å². The molecule has 0 heterocycles. The number of rotatable bonds is 6. The molecule has 1 aromatic rings. The first-order valence-electron chi connectivity index (χ1n) is 7.35. The summed E-state index contributed by atoms with van der Waals surface area (Å²) in [5, 5.41) is 0. The van der Waals surface area contributed by atoms with Gasteiger partial charge in [0.25, 0.3) is 0 Å². The van der Waals surface area contributed by atoms with Gasteiger partial charge in [-0.3, -0.25) is 4.99 Å². The van der Waals surface area contributed by atoms with E-state index in [9.17, 15) is 0 Å². The van der Waals surface area contributed by atoms with E-state index in [1.165, 1.54) is 16.7 Å². The van der Waals surface area contributed by atoms with Crippen molar-refractivity contribution in [2.24, 2.45) is 10.7 Å². The highest BCUT2D eigenvalue weighted by Crippen LogP contribution is 2.31. The van der Waals surface area contributed by atoms with Gasteiger partial charge in [-0.05, 0) is 41.2 Å². The van der Waals surface area contributed by atoms with Crippen LogP contribution in [0.25, 0.3) is 0 Å². The van der Waals surface area contributed by atoms with Gasteiger partial charge in [0.15, 0.2) is 0 Å². The van der Waals surface area contributed by atoms with Crippen molar-refractivity contribution in [2.45, 2.75) is 58.9 Å². The van der Waals surface area contributed by atoms with Crippen LogP contribution in [-0.2, 0) is 0 Å². The van der Waals surface area contributed by atoms with Gasteiger partial charge < -0.3 is 5.73 Å². The smallest absolute Gasteiger partial charge is 0.0578 e. The third kappa shape index (κ3) is 4.17. The summed E-state index contributed by atoms with van der Waals surface area (Å²) in [5.74, 6) is 0.991. The largest absolute Gasteiger partial charge is 0.322 e. The molecule has 0 saturated carbocycles. The molecular formula is C17H28N2. The molecule has 19 heavy (non-hydrogen) atoms. The number of hydrogen-bond acceptors (Lipinski definition) is 2. The van der Waals surface area contributed by atoms with Crippen LogP contribution in [0.1, 0.15) is 75.6 Å². The fraction of sp³-hybridized carbons (Fsp3) is 0.588. The molecule has 0 aliphatic rings. The molecule has 0 amide bonds. The second kappa shape index (κ2) is 7.44. The molecule has 106 valence electrons. The zero-order valence-electron chi connectivity index (χ0n) is 13.0. The lowest BCUT2D eigenvalue weighted by Crippen LogP contribution is -2.19. The van der Waals surface area contributed by atoms with Gasteiger partial charge in [0, 0.05) is 6.04 Å². The quantitative estimate of drug-likeness (QED) is 0.756. The summed E-state index contributed by atoms with van der Waals surface area (Å²) in [4.78, 5) is 4.42. The summed E-state index contributed by atoms with van der Waals surface area (Å²) in [7, 11) is 0. The minimum absolute atomic E-state index is 0.00111. The molecule has 1 aromatic carbocycles. The first-order chi connectivity index (χ1) is 8.99. The third-order valence-electron chi connectivity index (χ3n) is 3.40. The predicted molar refractivity (Wildman–Crippen MR) is 85.2 cm³/mol. The number of nitrogens with two attached hydrogens (primary N) is 1. The summed E-state index contributed by atoms with van der Waals surface area (Å²) in [5.41, 5.74) is 10.4. The van der Waals surface area contributed by atoms with Gasteiger partial charge in [0.05, 0.1) is 6.54 Å². The van der Waals surface area contributed by atoms with Crippen LogP contribution >= 0.6 is 0 Å². The Labute approximate surface area is 118 Å². The van der Waals surface area contributed by atoms with E-state index in [2.05, 4.69) is 57.8 Å². The molecule has 2 N–H and O–H groups in total. The molecule has 0 aliphatic carbocycles. The molecular weight excluding hydrogens is 232 g/mol. The zero-order valence-corrected chi connectivity index (χ0v) is 13.0. The van der Waals surface area contributed by atoms with E-state index in [0.29, 0.717) is 18.4 Å². The van der Waals surface area contributed by atoms with Crippen LogP contribution in [-0.4, -0.2) is 12.8 Å². The van der Waals surface area contributed by atoms with Crippen LogP contribution in [0.4, 0.5) is 0 Å². The van der Waals surface area contributed by atoms with E-state index >= 15 is 0 Å². The highest BCUT2D eigenvalue weighted by Gasteiger charge is 2.18. The number of aliphatic imine (C=N–C) groups is 1. The molecule has 0 aliphatic heterocycles. The average molecular weight is 260 g/mol. The molecule has 0 spiro atoms. The molecule has 1 atom stereocenters. The predicted octanol–water partition coefficient (Wildman–Crippen LogP) is 4.41. The Kier molecular flexibility index (Phi) is 6.23. The maximum atomic E-state index is 6.40. The number of nitrogens with zero attached hydrogens (tertiary/aromatic N) is 1. The van der Waals surface area contributed by atoms with Crippen LogP contribution in [0.5, 0.6) is 0 Å². The molecule has 1 unspecified atom stereocenters. The Hall–Kier alpha value is -1.15. The minimum Gasteiger partial charge on any atom is -0.322 e. The summed E-state index contributed by atoms with van der Waals surface area (Å²) < 4.78 is 0. The molecule has 0 radical (unpaired) electrons. The maximum Gasteiger partial charge on any atom is 0.0578 e. The Balaban J connectivity index is 3.16. The second-order valence-electron chi connectivity index (χ2n) is 5.72. The maximum absolute atomic E-state index is 6.40. The van der Waals surface area contributed by atoms with Crippen molar-refractivity contribution in [2.75, 3.05) is 6.54 Å².